The molecule has 0 spiro atoms. The van der Waals surface area contributed by atoms with Gasteiger partial charge in [0.1, 0.15) is 12.5 Å². The zero-order chi connectivity index (χ0) is 14.5. The molecule has 0 radical (unpaired) electrons. The van der Waals surface area contributed by atoms with Gasteiger partial charge in [0.2, 0.25) is 5.82 Å². The molecule has 0 bridgehead atoms. The smallest absolute Gasteiger partial charge is 0.314 e. The van der Waals surface area contributed by atoms with Crippen molar-refractivity contribution in [2.45, 2.75) is 5.92 Å². The van der Waals surface area contributed by atoms with E-state index >= 15 is 0 Å². The first kappa shape index (κ1) is 14.0. The number of carboxylic acids is 1. The monoisotopic (exact) mass is 278 g/mol. The zero-order valence-corrected chi connectivity index (χ0v) is 10.4. The Morgan fingerprint density at radius 3 is 2.45 bits per heavy atom. The molecule has 0 amide bonds. The van der Waals surface area contributed by atoms with Gasteiger partial charge in [0, 0.05) is 0 Å². The lowest BCUT2D eigenvalue weighted by atomic mass is 10.0. The molecule has 20 heavy (non-hydrogen) atoms. The predicted octanol–water partition coefficient (Wildman–Crippen LogP) is 3.21. The second-order valence-electron chi connectivity index (χ2n) is 4.16. The second-order valence-corrected chi connectivity index (χ2v) is 4.16. The van der Waals surface area contributed by atoms with Crippen LogP contribution in [0.5, 0.6) is 5.75 Å². The first-order valence-electron chi connectivity index (χ1n) is 5.94. The average Bonchev–Trinajstić information content (AvgIpc) is 2.44. The number of halogens is 2. The summed E-state index contributed by atoms with van der Waals surface area (Å²) in [6, 6.07) is 12.0. The first-order chi connectivity index (χ1) is 9.59. The Balaban J connectivity index is 2.14. The molecule has 0 saturated carbocycles. The van der Waals surface area contributed by atoms with Gasteiger partial charge in [0.25, 0.3) is 0 Å². The van der Waals surface area contributed by atoms with E-state index in [9.17, 15) is 18.7 Å². The SMILES string of the molecule is O=C(O)C(COc1cccc(F)c1F)c1ccccc1. The molecule has 1 atom stereocenters. The third kappa shape index (κ3) is 3.12. The summed E-state index contributed by atoms with van der Waals surface area (Å²) in [5.74, 6) is -4.49. The molecule has 104 valence electrons. The molecule has 2 rings (SSSR count). The highest BCUT2D eigenvalue weighted by Gasteiger charge is 2.21. The van der Waals surface area contributed by atoms with Crippen LogP contribution < -0.4 is 4.74 Å². The van der Waals surface area contributed by atoms with Crippen LogP contribution in [0.2, 0.25) is 0 Å². The van der Waals surface area contributed by atoms with E-state index in [1.165, 1.54) is 12.1 Å². The number of benzene rings is 2. The van der Waals surface area contributed by atoms with Crippen molar-refractivity contribution in [3.63, 3.8) is 0 Å². The number of carboxylic acid groups (broad SMARTS) is 1. The fourth-order valence-corrected chi connectivity index (χ4v) is 1.76. The van der Waals surface area contributed by atoms with Gasteiger partial charge < -0.3 is 9.84 Å². The minimum absolute atomic E-state index is 0.278. The highest BCUT2D eigenvalue weighted by atomic mass is 19.2. The third-order valence-electron chi connectivity index (χ3n) is 2.82. The number of ether oxygens (including phenoxy) is 1. The maximum absolute atomic E-state index is 13.4. The van der Waals surface area contributed by atoms with Crippen LogP contribution >= 0.6 is 0 Å². The van der Waals surface area contributed by atoms with Crippen molar-refractivity contribution in [3.8, 4) is 5.75 Å². The summed E-state index contributed by atoms with van der Waals surface area (Å²) < 4.78 is 31.5. The zero-order valence-electron chi connectivity index (χ0n) is 10.4. The van der Waals surface area contributed by atoms with Crippen LogP contribution in [0.25, 0.3) is 0 Å². The summed E-state index contributed by atoms with van der Waals surface area (Å²) in [4.78, 5) is 11.2. The molecule has 0 saturated heterocycles. The van der Waals surface area contributed by atoms with Gasteiger partial charge >= 0.3 is 5.97 Å². The largest absolute Gasteiger partial charge is 0.489 e. The Hall–Kier alpha value is -2.43. The molecule has 1 N–H and O–H groups in total. The van der Waals surface area contributed by atoms with Crippen molar-refractivity contribution < 1.29 is 23.4 Å². The first-order valence-corrected chi connectivity index (χ1v) is 5.94. The average molecular weight is 278 g/mol. The van der Waals surface area contributed by atoms with Crippen LogP contribution in [0, 0.1) is 11.6 Å². The van der Waals surface area contributed by atoms with E-state index in [0.29, 0.717) is 5.56 Å². The number of carbonyl (C=O) groups is 1. The summed E-state index contributed by atoms with van der Waals surface area (Å²) in [6.07, 6.45) is 0. The van der Waals surface area contributed by atoms with Crippen molar-refractivity contribution in [1.82, 2.24) is 0 Å². The standard InChI is InChI=1S/C15H12F2O3/c16-12-7-4-8-13(14(12)17)20-9-11(15(18)19)10-5-2-1-3-6-10/h1-8,11H,9H2,(H,18,19). The van der Waals surface area contributed by atoms with E-state index in [4.69, 9.17) is 4.74 Å². The van der Waals surface area contributed by atoms with Crippen LogP contribution in [0.15, 0.2) is 48.5 Å². The number of hydrogen-bond acceptors (Lipinski definition) is 2. The molecule has 0 fully saturated rings. The molecule has 0 aromatic heterocycles. The van der Waals surface area contributed by atoms with E-state index in [-0.39, 0.29) is 12.4 Å². The highest BCUT2D eigenvalue weighted by molar-refractivity contribution is 5.76. The molecule has 3 nitrogen and oxygen atoms in total. The van der Waals surface area contributed by atoms with Crippen molar-refractivity contribution in [1.29, 1.82) is 0 Å². The summed E-state index contributed by atoms with van der Waals surface area (Å²) in [6.45, 7) is -0.278. The lowest BCUT2D eigenvalue weighted by Gasteiger charge is -2.14. The summed E-state index contributed by atoms with van der Waals surface area (Å²) in [5, 5.41) is 9.18. The molecular formula is C15H12F2O3. The molecule has 5 heteroatoms. The van der Waals surface area contributed by atoms with Crippen molar-refractivity contribution >= 4 is 5.97 Å². The normalized spacial score (nSPS) is 11.9. The van der Waals surface area contributed by atoms with E-state index in [1.54, 1.807) is 30.3 Å². The molecular weight excluding hydrogens is 266 g/mol. The minimum Gasteiger partial charge on any atom is -0.489 e. The quantitative estimate of drug-likeness (QED) is 0.913. The Labute approximate surface area is 114 Å². The maximum atomic E-state index is 13.4. The molecule has 0 aliphatic heterocycles. The van der Waals surface area contributed by atoms with E-state index in [2.05, 4.69) is 0 Å². The van der Waals surface area contributed by atoms with Crippen molar-refractivity contribution in [2.75, 3.05) is 6.61 Å². The maximum Gasteiger partial charge on any atom is 0.314 e. The van der Waals surface area contributed by atoms with E-state index < -0.39 is 23.5 Å². The van der Waals surface area contributed by atoms with Crippen molar-refractivity contribution in [3.05, 3.63) is 65.7 Å². The van der Waals surface area contributed by atoms with Crippen LogP contribution in [0.4, 0.5) is 8.78 Å². The Morgan fingerprint density at radius 1 is 1.10 bits per heavy atom. The fraction of sp³-hybridized carbons (Fsp3) is 0.133. The molecule has 0 aliphatic rings. The molecule has 0 aliphatic carbocycles. The van der Waals surface area contributed by atoms with Gasteiger partial charge in [-0.05, 0) is 17.7 Å². The van der Waals surface area contributed by atoms with Gasteiger partial charge in [0.15, 0.2) is 11.6 Å². The van der Waals surface area contributed by atoms with Crippen LogP contribution in [-0.4, -0.2) is 17.7 Å². The third-order valence-corrected chi connectivity index (χ3v) is 2.82. The topological polar surface area (TPSA) is 46.5 Å². The van der Waals surface area contributed by atoms with Gasteiger partial charge in [-0.15, -0.1) is 0 Å². The van der Waals surface area contributed by atoms with Gasteiger partial charge in [-0.3, -0.25) is 4.79 Å². The van der Waals surface area contributed by atoms with E-state index in [1.807, 2.05) is 0 Å². The number of hydrogen-bond donors (Lipinski definition) is 1. The Morgan fingerprint density at radius 2 is 1.80 bits per heavy atom. The van der Waals surface area contributed by atoms with Crippen LogP contribution in [0.3, 0.4) is 0 Å². The van der Waals surface area contributed by atoms with Gasteiger partial charge in [-0.1, -0.05) is 36.4 Å². The van der Waals surface area contributed by atoms with Gasteiger partial charge in [-0.2, -0.15) is 4.39 Å². The molecule has 1 unspecified atom stereocenters. The fourth-order valence-electron chi connectivity index (χ4n) is 1.76. The van der Waals surface area contributed by atoms with Gasteiger partial charge in [-0.25, -0.2) is 4.39 Å². The summed E-state index contributed by atoms with van der Waals surface area (Å²) >= 11 is 0. The highest BCUT2D eigenvalue weighted by Crippen LogP contribution is 2.22. The summed E-state index contributed by atoms with van der Waals surface area (Å²) in [5.41, 5.74) is 0.539. The second kappa shape index (κ2) is 6.14. The van der Waals surface area contributed by atoms with Crippen LogP contribution in [0.1, 0.15) is 11.5 Å². The Bertz CT molecular complexity index is 599. The predicted molar refractivity (Wildman–Crippen MR) is 68.7 cm³/mol. The van der Waals surface area contributed by atoms with Gasteiger partial charge in [0.05, 0.1) is 0 Å². The number of rotatable bonds is 5. The summed E-state index contributed by atoms with van der Waals surface area (Å²) in [7, 11) is 0. The van der Waals surface area contributed by atoms with Crippen molar-refractivity contribution in [2.24, 2.45) is 0 Å². The molecule has 2 aromatic carbocycles. The van der Waals surface area contributed by atoms with E-state index in [0.717, 1.165) is 6.07 Å². The number of aliphatic carboxylic acids is 1. The Kier molecular flexibility index (Phi) is 4.30. The van der Waals surface area contributed by atoms with Crippen LogP contribution in [-0.2, 0) is 4.79 Å². The lowest BCUT2D eigenvalue weighted by Crippen LogP contribution is -2.19. The lowest BCUT2D eigenvalue weighted by molar-refractivity contribution is -0.139. The minimum atomic E-state index is -1.12. The molecule has 2 aromatic rings. The molecule has 0 heterocycles.